The predicted octanol–water partition coefficient (Wildman–Crippen LogP) is 3.52. The summed E-state index contributed by atoms with van der Waals surface area (Å²) in [7, 11) is 0. The fraction of sp³-hybridized carbons (Fsp3) is 0.400. The molecule has 102 valence electrons. The van der Waals surface area contributed by atoms with Crippen LogP contribution in [-0.4, -0.2) is 11.8 Å². The second-order valence-corrected chi connectivity index (χ2v) is 4.90. The minimum atomic E-state index is 0.468. The first kappa shape index (κ1) is 13.5. The molecule has 0 saturated carbocycles. The molecule has 0 aliphatic heterocycles. The Morgan fingerprint density at radius 1 is 1.32 bits per heavy atom. The van der Waals surface area contributed by atoms with Crippen LogP contribution < -0.4 is 10.5 Å². The molecule has 0 amide bonds. The molecule has 4 nitrogen and oxygen atoms in total. The van der Waals surface area contributed by atoms with Gasteiger partial charge in [-0.2, -0.15) is 0 Å². The number of ether oxygens (including phenoxy) is 1. The van der Waals surface area contributed by atoms with Gasteiger partial charge in [-0.3, -0.25) is 0 Å². The lowest BCUT2D eigenvalue weighted by atomic mass is 9.99. The van der Waals surface area contributed by atoms with Crippen molar-refractivity contribution in [3.05, 3.63) is 29.8 Å². The summed E-state index contributed by atoms with van der Waals surface area (Å²) in [6.07, 6.45) is 0.838. The second kappa shape index (κ2) is 5.78. The van der Waals surface area contributed by atoms with E-state index >= 15 is 0 Å². The van der Waals surface area contributed by atoms with Gasteiger partial charge in [0.1, 0.15) is 5.75 Å². The van der Waals surface area contributed by atoms with E-state index in [4.69, 9.17) is 15.0 Å². The molecule has 0 saturated heterocycles. The zero-order valence-corrected chi connectivity index (χ0v) is 11.6. The molecule has 0 bridgehead atoms. The van der Waals surface area contributed by atoms with E-state index < -0.39 is 0 Å². The van der Waals surface area contributed by atoms with Gasteiger partial charge in [0, 0.05) is 5.56 Å². The van der Waals surface area contributed by atoms with Crippen molar-refractivity contribution in [3.63, 3.8) is 0 Å². The summed E-state index contributed by atoms with van der Waals surface area (Å²) >= 11 is 0. The summed E-state index contributed by atoms with van der Waals surface area (Å²) in [6, 6.07) is 7.79. The van der Waals surface area contributed by atoms with Crippen molar-refractivity contribution >= 4 is 5.82 Å². The minimum absolute atomic E-state index is 0.468. The monoisotopic (exact) mass is 260 g/mol. The first-order chi connectivity index (χ1) is 9.13. The average molecular weight is 260 g/mol. The van der Waals surface area contributed by atoms with Crippen LogP contribution in [0.1, 0.15) is 26.3 Å². The van der Waals surface area contributed by atoms with E-state index in [1.165, 1.54) is 0 Å². The van der Waals surface area contributed by atoms with Gasteiger partial charge in [0.05, 0.1) is 12.2 Å². The second-order valence-electron chi connectivity index (χ2n) is 4.90. The average Bonchev–Trinajstić information content (AvgIpc) is 2.72. The highest BCUT2D eigenvalue weighted by molar-refractivity contribution is 5.71. The van der Waals surface area contributed by atoms with E-state index in [2.05, 4.69) is 19.0 Å². The van der Waals surface area contributed by atoms with Gasteiger partial charge in [0.15, 0.2) is 11.6 Å². The summed E-state index contributed by atoms with van der Waals surface area (Å²) in [5.74, 6) is 2.47. The molecule has 0 fully saturated rings. The Labute approximate surface area is 113 Å². The molecule has 0 spiro atoms. The Balaban J connectivity index is 2.47. The van der Waals surface area contributed by atoms with Gasteiger partial charge in [-0.25, -0.2) is 0 Å². The Morgan fingerprint density at radius 3 is 2.74 bits per heavy atom. The SMILES string of the molecule is CCOc1ccccc1-c1onc(N)c1CC(C)C. The quantitative estimate of drug-likeness (QED) is 0.893. The van der Waals surface area contributed by atoms with Crippen molar-refractivity contribution in [2.45, 2.75) is 27.2 Å². The van der Waals surface area contributed by atoms with Crippen LogP contribution in [0.2, 0.25) is 0 Å². The number of benzene rings is 1. The molecule has 1 aromatic carbocycles. The number of rotatable bonds is 5. The first-order valence-corrected chi connectivity index (χ1v) is 6.59. The highest BCUT2D eigenvalue weighted by Gasteiger charge is 2.19. The molecule has 2 N–H and O–H groups in total. The van der Waals surface area contributed by atoms with E-state index in [1.54, 1.807) is 0 Å². The molecule has 0 unspecified atom stereocenters. The molecule has 0 aliphatic carbocycles. The van der Waals surface area contributed by atoms with E-state index in [1.807, 2.05) is 31.2 Å². The molecule has 0 aliphatic rings. The van der Waals surface area contributed by atoms with Crippen LogP contribution in [0.3, 0.4) is 0 Å². The van der Waals surface area contributed by atoms with Gasteiger partial charge in [0.2, 0.25) is 0 Å². The standard InChI is InChI=1S/C15H20N2O2/c1-4-18-13-8-6-5-7-11(13)14-12(9-10(2)3)15(16)17-19-14/h5-8,10H,4,9H2,1-3H3,(H2,16,17). The van der Waals surface area contributed by atoms with E-state index in [0.29, 0.717) is 18.3 Å². The number of nitrogen functional groups attached to an aromatic ring is 1. The number of nitrogens with two attached hydrogens (primary N) is 1. The van der Waals surface area contributed by atoms with Crippen LogP contribution in [0, 0.1) is 5.92 Å². The molecule has 1 aromatic heterocycles. The summed E-state index contributed by atoms with van der Waals surface area (Å²) in [5.41, 5.74) is 7.77. The van der Waals surface area contributed by atoms with Crippen LogP contribution in [0.15, 0.2) is 28.8 Å². The fourth-order valence-corrected chi connectivity index (χ4v) is 2.07. The molecule has 0 radical (unpaired) electrons. The Bertz CT molecular complexity index is 547. The van der Waals surface area contributed by atoms with E-state index in [9.17, 15) is 0 Å². The molecule has 2 aromatic rings. The molecule has 2 rings (SSSR count). The lowest BCUT2D eigenvalue weighted by Gasteiger charge is -2.10. The molecule has 4 heteroatoms. The smallest absolute Gasteiger partial charge is 0.175 e. The Morgan fingerprint density at radius 2 is 2.05 bits per heavy atom. The summed E-state index contributed by atoms with van der Waals surface area (Å²) in [5, 5.41) is 3.89. The lowest BCUT2D eigenvalue weighted by Crippen LogP contribution is -2.00. The number of para-hydroxylation sites is 1. The Hall–Kier alpha value is -1.97. The Kier molecular flexibility index (Phi) is 4.10. The van der Waals surface area contributed by atoms with Crippen LogP contribution in [0.25, 0.3) is 11.3 Å². The maximum atomic E-state index is 5.91. The van der Waals surface area contributed by atoms with Gasteiger partial charge in [-0.1, -0.05) is 31.1 Å². The molecule has 0 atom stereocenters. The van der Waals surface area contributed by atoms with Gasteiger partial charge >= 0.3 is 0 Å². The lowest BCUT2D eigenvalue weighted by molar-refractivity contribution is 0.339. The summed E-state index contributed by atoms with van der Waals surface area (Å²) in [6.45, 7) is 6.86. The predicted molar refractivity (Wildman–Crippen MR) is 76.1 cm³/mol. The van der Waals surface area contributed by atoms with Gasteiger partial charge in [-0.15, -0.1) is 0 Å². The third kappa shape index (κ3) is 2.89. The third-order valence-corrected chi connectivity index (χ3v) is 2.86. The molecular weight excluding hydrogens is 240 g/mol. The normalized spacial score (nSPS) is 10.9. The first-order valence-electron chi connectivity index (χ1n) is 6.59. The highest BCUT2D eigenvalue weighted by Crippen LogP contribution is 2.35. The van der Waals surface area contributed by atoms with Crippen molar-refractivity contribution < 1.29 is 9.26 Å². The van der Waals surface area contributed by atoms with Crippen molar-refractivity contribution in [2.24, 2.45) is 5.92 Å². The van der Waals surface area contributed by atoms with Crippen molar-refractivity contribution in [3.8, 4) is 17.1 Å². The van der Waals surface area contributed by atoms with Gasteiger partial charge in [-0.05, 0) is 31.4 Å². The fourth-order valence-electron chi connectivity index (χ4n) is 2.07. The van der Waals surface area contributed by atoms with Gasteiger partial charge < -0.3 is 15.0 Å². The van der Waals surface area contributed by atoms with Crippen molar-refractivity contribution in [1.29, 1.82) is 0 Å². The summed E-state index contributed by atoms with van der Waals surface area (Å²) < 4.78 is 11.0. The largest absolute Gasteiger partial charge is 0.493 e. The minimum Gasteiger partial charge on any atom is -0.493 e. The third-order valence-electron chi connectivity index (χ3n) is 2.86. The zero-order valence-electron chi connectivity index (χ0n) is 11.6. The maximum absolute atomic E-state index is 5.91. The number of hydrogen-bond donors (Lipinski definition) is 1. The van der Waals surface area contributed by atoms with E-state index in [-0.39, 0.29) is 0 Å². The summed E-state index contributed by atoms with van der Waals surface area (Å²) in [4.78, 5) is 0. The molecule has 19 heavy (non-hydrogen) atoms. The molecular formula is C15H20N2O2. The molecule has 1 heterocycles. The number of hydrogen-bond acceptors (Lipinski definition) is 4. The maximum Gasteiger partial charge on any atom is 0.175 e. The van der Waals surface area contributed by atoms with Crippen LogP contribution in [0.5, 0.6) is 5.75 Å². The number of nitrogens with zero attached hydrogens (tertiary/aromatic N) is 1. The topological polar surface area (TPSA) is 61.3 Å². The van der Waals surface area contributed by atoms with Crippen LogP contribution in [0.4, 0.5) is 5.82 Å². The number of anilines is 1. The number of aromatic nitrogens is 1. The van der Waals surface area contributed by atoms with Gasteiger partial charge in [0.25, 0.3) is 0 Å². The highest BCUT2D eigenvalue weighted by atomic mass is 16.5. The van der Waals surface area contributed by atoms with Crippen LogP contribution >= 0.6 is 0 Å². The van der Waals surface area contributed by atoms with Crippen molar-refractivity contribution in [1.82, 2.24) is 5.16 Å². The zero-order chi connectivity index (χ0) is 13.8. The van der Waals surface area contributed by atoms with E-state index in [0.717, 1.165) is 29.1 Å². The van der Waals surface area contributed by atoms with Crippen LogP contribution in [-0.2, 0) is 6.42 Å². The van der Waals surface area contributed by atoms with Crippen molar-refractivity contribution in [2.75, 3.05) is 12.3 Å².